The molecule has 0 bridgehead atoms. The molecule has 4 nitrogen and oxygen atoms in total. The van der Waals surface area contributed by atoms with Crippen LogP contribution >= 0.6 is 0 Å². The van der Waals surface area contributed by atoms with Gasteiger partial charge in [0.25, 0.3) is 0 Å². The Morgan fingerprint density at radius 1 is 1.08 bits per heavy atom. The maximum absolute atomic E-state index is 12.0. The Bertz CT molecular complexity index is 675. The molecule has 0 spiro atoms. The molecule has 126 valence electrons. The quantitative estimate of drug-likeness (QED) is 0.783. The fraction of sp³-hybridized carbons (Fsp3) is 0.250. The van der Waals surface area contributed by atoms with Gasteiger partial charge >= 0.3 is 0 Å². The molecular weight excluding hydrogens is 302 g/mol. The van der Waals surface area contributed by atoms with Crippen LogP contribution in [0.1, 0.15) is 31.0 Å². The first kappa shape index (κ1) is 17.6. The molecule has 24 heavy (non-hydrogen) atoms. The summed E-state index contributed by atoms with van der Waals surface area (Å²) < 4.78 is 10.5. The third-order valence-corrected chi connectivity index (χ3v) is 3.59. The summed E-state index contributed by atoms with van der Waals surface area (Å²) in [7, 11) is 1.63. The normalized spacial score (nSPS) is 12.0. The van der Waals surface area contributed by atoms with Crippen LogP contribution in [0.5, 0.6) is 11.5 Å². The second-order valence-electron chi connectivity index (χ2n) is 5.34. The predicted octanol–water partition coefficient (Wildman–Crippen LogP) is 3.98. The topological polar surface area (TPSA) is 47.6 Å². The number of benzene rings is 2. The van der Waals surface area contributed by atoms with E-state index in [4.69, 9.17) is 9.47 Å². The first-order chi connectivity index (χ1) is 11.6. The average molecular weight is 325 g/mol. The van der Waals surface area contributed by atoms with Crippen molar-refractivity contribution in [3.05, 3.63) is 65.7 Å². The summed E-state index contributed by atoms with van der Waals surface area (Å²) in [6.45, 7) is 4.54. The second kappa shape index (κ2) is 8.77. The second-order valence-corrected chi connectivity index (χ2v) is 5.34. The maximum Gasteiger partial charge on any atom is 0.244 e. The molecule has 0 saturated carbocycles. The molecule has 2 aromatic rings. The summed E-state index contributed by atoms with van der Waals surface area (Å²) in [6, 6.07) is 15.2. The Balaban J connectivity index is 1.91. The van der Waals surface area contributed by atoms with Crippen molar-refractivity contribution >= 4 is 12.0 Å². The summed E-state index contributed by atoms with van der Waals surface area (Å²) in [5, 5.41) is 2.95. The molecule has 0 unspecified atom stereocenters. The van der Waals surface area contributed by atoms with Crippen molar-refractivity contribution in [3.63, 3.8) is 0 Å². The lowest BCUT2D eigenvalue weighted by Gasteiger charge is -2.13. The van der Waals surface area contributed by atoms with Crippen molar-refractivity contribution in [3.8, 4) is 11.5 Å². The lowest BCUT2D eigenvalue weighted by atomic mass is 10.1. The van der Waals surface area contributed by atoms with Gasteiger partial charge < -0.3 is 14.8 Å². The SMILES string of the molecule is CCOc1ccc([C@H](C)NC(=O)/C=C/c2ccc(OC)cc2)cc1. The van der Waals surface area contributed by atoms with Gasteiger partial charge in [-0.15, -0.1) is 0 Å². The van der Waals surface area contributed by atoms with E-state index >= 15 is 0 Å². The number of hydrogen-bond acceptors (Lipinski definition) is 3. The summed E-state index contributed by atoms with van der Waals surface area (Å²) in [5.74, 6) is 1.49. The number of methoxy groups -OCH3 is 1. The third-order valence-electron chi connectivity index (χ3n) is 3.59. The van der Waals surface area contributed by atoms with Crippen LogP contribution in [0.25, 0.3) is 6.08 Å². The molecule has 0 fully saturated rings. The van der Waals surface area contributed by atoms with Crippen LogP contribution in [0, 0.1) is 0 Å². The molecule has 0 radical (unpaired) electrons. The molecule has 0 aliphatic rings. The van der Waals surface area contributed by atoms with Gasteiger partial charge in [0.05, 0.1) is 19.8 Å². The van der Waals surface area contributed by atoms with Gasteiger partial charge in [-0.3, -0.25) is 4.79 Å². The maximum atomic E-state index is 12.0. The number of carbonyl (C=O) groups is 1. The highest BCUT2D eigenvalue weighted by molar-refractivity contribution is 5.91. The standard InChI is InChI=1S/C20H23NO3/c1-4-24-19-12-8-17(9-13-19)15(2)21-20(22)14-7-16-5-10-18(23-3)11-6-16/h5-15H,4H2,1-3H3,(H,21,22)/b14-7+/t15-/m0/s1. The fourth-order valence-electron chi connectivity index (χ4n) is 2.25. The first-order valence-electron chi connectivity index (χ1n) is 7.97. The number of hydrogen-bond donors (Lipinski definition) is 1. The fourth-order valence-corrected chi connectivity index (χ4v) is 2.25. The van der Waals surface area contributed by atoms with E-state index in [-0.39, 0.29) is 11.9 Å². The Hall–Kier alpha value is -2.75. The van der Waals surface area contributed by atoms with E-state index in [1.165, 1.54) is 6.08 Å². The predicted molar refractivity (Wildman–Crippen MR) is 96.2 cm³/mol. The van der Waals surface area contributed by atoms with Gasteiger partial charge in [0.2, 0.25) is 5.91 Å². The summed E-state index contributed by atoms with van der Waals surface area (Å²) in [5.41, 5.74) is 1.98. The van der Waals surface area contributed by atoms with E-state index in [0.717, 1.165) is 22.6 Å². The molecule has 0 saturated heterocycles. The van der Waals surface area contributed by atoms with Crippen molar-refractivity contribution in [2.45, 2.75) is 19.9 Å². The van der Waals surface area contributed by atoms with Crippen LogP contribution in [0.3, 0.4) is 0 Å². The van der Waals surface area contributed by atoms with Crippen molar-refractivity contribution in [2.24, 2.45) is 0 Å². The van der Waals surface area contributed by atoms with Gasteiger partial charge in [-0.2, -0.15) is 0 Å². The zero-order valence-electron chi connectivity index (χ0n) is 14.3. The monoisotopic (exact) mass is 325 g/mol. The molecule has 2 rings (SSSR count). The van der Waals surface area contributed by atoms with Gasteiger partial charge in [-0.25, -0.2) is 0 Å². The Labute approximate surface area is 143 Å². The Kier molecular flexibility index (Phi) is 6.43. The van der Waals surface area contributed by atoms with Crippen molar-refractivity contribution in [2.75, 3.05) is 13.7 Å². The smallest absolute Gasteiger partial charge is 0.244 e. The molecule has 0 heterocycles. The first-order valence-corrected chi connectivity index (χ1v) is 7.97. The number of nitrogens with one attached hydrogen (secondary N) is 1. The van der Waals surface area contributed by atoms with Crippen molar-refractivity contribution in [1.82, 2.24) is 5.32 Å². The largest absolute Gasteiger partial charge is 0.497 e. The molecule has 2 aromatic carbocycles. The van der Waals surface area contributed by atoms with Gasteiger partial charge in [-0.05, 0) is 55.3 Å². The molecule has 0 aromatic heterocycles. The Morgan fingerprint density at radius 3 is 2.29 bits per heavy atom. The highest BCUT2D eigenvalue weighted by Crippen LogP contribution is 2.18. The number of amides is 1. The summed E-state index contributed by atoms with van der Waals surface area (Å²) in [4.78, 5) is 12.0. The minimum Gasteiger partial charge on any atom is -0.497 e. The van der Waals surface area contributed by atoms with Gasteiger partial charge in [0, 0.05) is 6.08 Å². The molecule has 1 amide bonds. The van der Waals surface area contributed by atoms with E-state index in [1.807, 2.05) is 62.4 Å². The molecule has 1 N–H and O–H groups in total. The average Bonchev–Trinajstić information content (AvgIpc) is 2.61. The number of rotatable bonds is 7. The van der Waals surface area contributed by atoms with E-state index in [2.05, 4.69) is 5.32 Å². The van der Waals surface area contributed by atoms with Gasteiger partial charge in [-0.1, -0.05) is 24.3 Å². The van der Waals surface area contributed by atoms with Crippen LogP contribution < -0.4 is 14.8 Å². The van der Waals surface area contributed by atoms with E-state index in [9.17, 15) is 4.79 Å². The highest BCUT2D eigenvalue weighted by atomic mass is 16.5. The van der Waals surface area contributed by atoms with Gasteiger partial charge in [0.15, 0.2) is 0 Å². The minimum atomic E-state index is -0.132. The molecule has 1 atom stereocenters. The molecule has 4 heteroatoms. The van der Waals surface area contributed by atoms with Crippen LogP contribution in [0.4, 0.5) is 0 Å². The van der Waals surface area contributed by atoms with Gasteiger partial charge in [0.1, 0.15) is 11.5 Å². The van der Waals surface area contributed by atoms with E-state index < -0.39 is 0 Å². The number of ether oxygens (including phenoxy) is 2. The zero-order valence-corrected chi connectivity index (χ0v) is 14.3. The molecular formula is C20H23NO3. The lowest BCUT2D eigenvalue weighted by molar-refractivity contribution is -0.117. The molecule has 0 aliphatic carbocycles. The minimum absolute atomic E-state index is 0.0753. The van der Waals surface area contributed by atoms with Crippen molar-refractivity contribution in [1.29, 1.82) is 0 Å². The van der Waals surface area contributed by atoms with Crippen LogP contribution in [-0.2, 0) is 4.79 Å². The molecule has 0 aliphatic heterocycles. The van der Waals surface area contributed by atoms with Crippen molar-refractivity contribution < 1.29 is 14.3 Å². The van der Waals surface area contributed by atoms with E-state index in [1.54, 1.807) is 13.2 Å². The van der Waals surface area contributed by atoms with E-state index in [0.29, 0.717) is 6.61 Å². The summed E-state index contributed by atoms with van der Waals surface area (Å²) in [6.07, 6.45) is 3.31. The van der Waals surface area contributed by atoms with Crippen LogP contribution in [0.15, 0.2) is 54.6 Å². The lowest BCUT2D eigenvalue weighted by Crippen LogP contribution is -2.24. The summed E-state index contributed by atoms with van der Waals surface area (Å²) >= 11 is 0. The van der Waals surface area contributed by atoms with Crippen LogP contribution in [-0.4, -0.2) is 19.6 Å². The number of carbonyl (C=O) groups excluding carboxylic acids is 1. The Morgan fingerprint density at radius 2 is 1.71 bits per heavy atom. The zero-order chi connectivity index (χ0) is 17.4. The highest BCUT2D eigenvalue weighted by Gasteiger charge is 2.07. The third kappa shape index (κ3) is 5.16. The van der Waals surface area contributed by atoms with Crippen LogP contribution in [0.2, 0.25) is 0 Å².